The van der Waals surface area contributed by atoms with Crippen molar-refractivity contribution in [3.05, 3.63) is 106 Å². The number of nitrogens with zero attached hydrogens (tertiary/aromatic N) is 5. The Hall–Kier alpha value is -4.94. The quantitative estimate of drug-likeness (QED) is 0.290. The number of aromatic carboxylic acids is 1. The lowest BCUT2D eigenvalue weighted by molar-refractivity contribution is 0.0691. The average molecular weight is 533 g/mol. The lowest BCUT2D eigenvalue weighted by atomic mass is 10.1. The number of aromatic amines is 1. The van der Waals surface area contributed by atoms with Crippen LogP contribution in [0.15, 0.2) is 77.9 Å². The number of nitrogens with one attached hydrogen (secondary N) is 1. The highest BCUT2D eigenvalue weighted by Crippen LogP contribution is 2.25. The third-order valence-electron chi connectivity index (χ3n) is 7.64. The number of fused-ring (bicyclic) bond motifs is 2. The van der Waals surface area contributed by atoms with Gasteiger partial charge in [-0.3, -0.25) is 14.3 Å². The fourth-order valence-electron chi connectivity index (χ4n) is 5.44. The minimum absolute atomic E-state index is 0.0839. The van der Waals surface area contributed by atoms with Gasteiger partial charge in [0.05, 0.1) is 17.5 Å². The number of hydrogen-bond donors (Lipinski definition) is 2. The van der Waals surface area contributed by atoms with E-state index in [-0.39, 0.29) is 11.3 Å². The van der Waals surface area contributed by atoms with Gasteiger partial charge in [-0.05, 0) is 84.9 Å². The van der Waals surface area contributed by atoms with E-state index >= 15 is 0 Å². The summed E-state index contributed by atoms with van der Waals surface area (Å²) in [6, 6.07) is 18.3. The summed E-state index contributed by atoms with van der Waals surface area (Å²) in [5.74, 6) is -1.12. The Labute approximate surface area is 230 Å². The highest BCUT2D eigenvalue weighted by atomic mass is 16.4. The van der Waals surface area contributed by atoms with Crippen molar-refractivity contribution in [3.63, 3.8) is 0 Å². The van der Waals surface area contributed by atoms with Crippen LogP contribution >= 0.6 is 0 Å². The molecule has 5 aromatic rings. The highest BCUT2D eigenvalue weighted by molar-refractivity contribution is 5.89. The summed E-state index contributed by atoms with van der Waals surface area (Å²) in [6.07, 6.45) is 5.75. The van der Waals surface area contributed by atoms with Gasteiger partial charge in [-0.1, -0.05) is 6.07 Å². The number of aryl methyl sites for hydroxylation is 1. The second kappa shape index (κ2) is 10.7. The number of rotatable bonds is 7. The molecule has 200 valence electrons. The molecule has 0 radical (unpaired) electrons. The van der Waals surface area contributed by atoms with Crippen LogP contribution in [0.4, 0.5) is 11.4 Å². The minimum atomic E-state index is -1.12. The SMILES string of the molecule is [C-]#[N+]c1ccc2[nH]cc(CCCN3CCN(c4ccc(-n5ccc6nc(C(=O)O)ccc6c5=O)cc4)CC3)c2c1. The summed E-state index contributed by atoms with van der Waals surface area (Å²) in [7, 11) is 0. The van der Waals surface area contributed by atoms with Gasteiger partial charge < -0.3 is 15.0 Å². The molecular weight excluding hydrogens is 504 g/mol. The zero-order chi connectivity index (χ0) is 27.6. The van der Waals surface area contributed by atoms with E-state index in [0.717, 1.165) is 67.8 Å². The molecule has 0 spiro atoms. The molecule has 0 aliphatic carbocycles. The van der Waals surface area contributed by atoms with Gasteiger partial charge >= 0.3 is 5.97 Å². The second-order valence-electron chi connectivity index (χ2n) is 10.0. The third kappa shape index (κ3) is 4.93. The molecule has 1 aliphatic heterocycles. The predicted molar refractivity (Wildman–Crippen MR) is 156 cm³/mol. The second-order valence-corrected chi connectivity index (χ2v) is 10.0. The lowest BCUT2D eigenvalue weighted by Gasteiger charge is -2.36. The fraction of sp³-hybridized carbons (Fsp3) is 0.226. The van der Waals surface area contributed by atoms with Crippen molar-refractivity contribution in [2.24, 2.45) is 0 Å². The predicted octanol–water partition coefficient (Wildman–Crippen LogP) is 4.87. The third-order valence-corrected chi connectivity index (χ3v) is 7.64. The molecule has 2 N–H and O–H groups in total. The number of piperazine rings is 1. The molecule has 1 fully saturated rings. The van der Waals surface area contributed by atoms with Gasteiger partial charge in [0.2, 0.25) is 0 Å². The number of aromatic nitrogens is 3. The number of H-pyrrole nitrogens is 1. The van der Waals surface area contributed by atoms with Crippen LogP contribution in [0.3, 0.4) is 0 Å². The summed E-state index contributed by atoms with van der Waals surface area (Å²) >= 11 is 0. The Bertz CT molecular complexity index is 1810. The first-order chi connectivity index (χ1) is 19.5. The van der Waals surface area contributed by atoms with Crippen LogP contribution in [0.25, 0.3) is 32.3 Å². The number of carboxylic acids is 1. The zero-order valence-corrected chi connectivity index (χ0v) is 21.9. The van der Waals surface area contributed by atoms with E-state index in [1.807, 2.05) is 42.5 Å². The van der Waals surface area contributed by atoms with Crippen LogP contribution in [0, 0.1) is 6.57 Å². The summed E-state index contributed by atoms with van der Waals surface area (Å²) in [5.41, 5.74) is 4.95. The van der Waals surface area contributed by atoms with Gasteiger partial charge in [0.15, 0.2) is 5.69 Å². The molecule has 0 saturated carbocycles. The normalized spacial score (nSPS) is 14.0. The van der Waals surface area contributed by atoms with Gasteiger partial charge in [0, 0.05) is 55.5 Å². The number of hydrogen-bond acceptors (Lipinski definition) is 5. The van der Waals surface area contributed by atoms with E-state index < -0.39 is 5.97 Å². The first-order valence-corrected chi connectivity index (χ1v) is 13.3. The molecule has 1 saturated heterocycles. The summed E-state index contributed by atoms with van der Waals surface area (Å²) in [5, 5.41) is 10.7. The van der Waals surface area contributed by atoms with Crippen molar-refractivity contribution in [2.45, 2.75) is 12.8 Å². The van der Waals surface area contributed by atoms with E-state index in [2.05, 4.69) is 30.8 Å². The van der Waals surface area contributed by atoms with Crippen LogP contribution in [0.2, 0.25) is 0 Å². The molecule has 0 unspecified atom stereocenters. The largest absolute Gasteiger partial charge is 0.477 e. The molecular formula is C31H28N6O3. The maximum Gasteiger partial charge on any atom is 0.354 e. The first-order valence-electron chi connectivity index (χ1n) is 13.3. The molecule has 9 nitrogen and oxygen atoms in total. The van der Waals surface area contributed by atoms with Crippen molar-refractivity contribution < 1.29 is 9.90 Å². The maximum atomic E-state index is 13.0. The van der Waals surface area contributed by atoms with Crippen LogP contribution in [0.1, 0.15) is 22.5 Å². The Balaban J connectivity index is 1.05. The van der Waals surface area contributed by atoms with Gasteiger partial charge in [0.25, 0.3) is 5.56 Å². The van der Waals surface area contributed by atoms with E-state index in [4.69, 9.17) is 11.7 Å². The maximum absolute atomic E-state index is 13.0. The fourth-order valence-corrected chi connectivity index (χ4v) is 5.44. The monoisotopic (exact) mass is 532 g/mol. The van der Waals surface area contributed by atoms with Crippen LogP contribution in [-0.2, 0) is 6.42 Å². The molecule has 9 heteroatoms. The first kappa shape index (κ1) is 25.3. The number of pyridine rings is 2. The Morgan fingerprint density at radius 2 is 1.75 bits per heavy atom. The van der Waals surface area contributed by atoms with E-state index in [9.17, 15) is 9.59 Å². The van der Waals surface area contributed by atoms with Crippen molar-refractivity contribution >= 4 is 39.1 Å². The van der Waals surface area contributed by atoms with Crippen LogP contribution in [0.5, 0.6) is 0 Å². The van der Waals surface area contributed by atoms with Crippen LogP contribution < -0.4 is 10.5 Å². The molecule has 40 heavy (non-hydrogen) atoms. The van der Waals surface area contributed by atoms with Gasteiger partial charge in [0.1, 0.15) is 5.69 Å². The molecule has 0 bridgehead atoms. The highest BCUT2D eigenvalue weighted by Gasteiger charge is 2.18. The standard InChI is InChI=1S/C31H28N6O3/c1-32-22-4-10-27-26(19-22)21(20-33-27)3-2-13-35-15-17-36(18-16-35)23-5-7-24(8-6-23)37-14-12-28-25(30(37)38)9-11-29(34-28)31(39)40/h4-12,14,19-20,33H,2-3,13,15-18H2,(H,39,40). The Kier molecular flexibility index (Phi) is 6.76. The van der Waals surface area contributed by atoms with Crippen LogP contribution in [-0.4, -0.2) is 63.2 Å². The number of carbonyl (C=O) groups is 1. The summed E-state index contributed by atoms with van der Waals surface area (Å²) in [4.78, 5) is 40.0. The van der Waals surface area contributed by atoms with Crippen molar-refractivity contribution in [3.8, 4) is 5.69 Å². The number of carboxylic acid groups (broad SMARTS) is 1. The van der Waals surface area contributed by atoms with E-state index in [1.54, 1.807) is 16.8 Å². The smallest absolute Gasteiger partial charge is 0.354 e. The molecule has 0 amide bonds. The lowest BCUT2D eigenvalue weighted by Crippen LogP contribution is -2.46. The molecule has 1 aliphatic rings. The topological polar surface area (TPSA) is 98.8 Å². The van der Waals surface area contributed by atoms with Crippen molar-refractivity contribution in [1.29, 1.82) is 0 Å². The molecule has 3 aromatic heterocycles. The molecule has 4 heterocycles. The summed E-state index contributed by atoms with van der Waals surface area (Å²) in [6.45, 7) is 12.2. The minimum Gasteiger partial charge on any atom is -0.477 e. The number of benzene rings is 2. The zero-order valence-electron chi connectivity index (χ0n) is 21.9. The van der Waals surface area contributed by atoms with Gasteiger partial charge in [-0.15, -0.1) is 0 Å². The van der Waals surface area contributed by atoms with E-state index in [1.165, 1.54) is 17.7 Å². The van der Waals surface area contributed by atoms with Crippen molar-refractivity contribution in [1.82, 2.24) is 19.4 Å². The summed E-state index contributed by atoms with van der Waals surface area (Å²) < 4.78 is 1.56. The van der Waals surface area contributed by atoms with Gasteiger partial charge in [-0.2, -0.15) is 0 Å². The van der Waals surface area contributed by atoms with Gasteiger partial charge in [-0.25, -0.2) is 14.6 Å². The molecule has 2 aromatic carbocycles. The Morgan fingerprint density at radius 1 is 0.975 bits per heavy atom. The van der Waals surface area contributed by atoms with E-state index in [0.29, 0.717) is 16.6 Å². The molecule has 6 rings (SSSR count). The molecule has 0 atom stereocenters. The average Bonchev–Trinajstić information content (AvgIpc) is 3.39. The Morgan fingerprint density at radius 3 is 2.50 bits per heavy atom. The van der Waals surface area contributed by atoms with Crippen molar-refractivity contribution in [2.75, 3.05) is 37.6 Å². The number of anilines is 1.